The van der Waals surface area contributed by atoms with E-state index in [2.05, 4.69) is 5.32 Å². The number of aliphatic carboxylic acids is 1. The number of rotatable bonds is 7. The Morgan fingerprint density at radius 3 is 2.33 bits per heavy atom. The SMILES string of the molecule is COCC(CNC(=O)N1CCN(C(C)C(=O)O)CC1)OC. The molecule has 0 radical (unpaired) electrons. The van der Waals surface area contributed by atoms with Gasteiger partial charge in [-0.25, -0.2) is 4.79 Å². The van der Waals surface area contributed by atoms with E-state index in [0.29, 0.717) is 39.3 Å². The number of carbonyl (C=O) groups excluding carboxylic acids is 1. The summed E-state index contributed by atoms with van der Waals surface area (Å²) in [5.74, 6) is -0.838. The van der Waals surface area contributed by atoms with Crippen LogP contribution in [0.4, 0.5) is 4.79 Å². The molecule has 1 saturated heterocycles. The van der Waals surface area contributed by atoms with Gasteiger partial charge in [0.25, 0.3) is 0 Å². The molecule has 0 aromatic carbocycles. The number of urea groups is 1. The zero-order chi connectivity index (χ0) is 15.8. The molecule has 8 nitrogen and oxygen atoms in total. The molecule has 1 fully saturated rings. The number of hydrogen-bond acceptors (Lipinski definition) is 5. The van der Waals surface area contributed by atoms with Crippen molar-refractivity contribution in [3.05, 3.63) is 0 Å². The van der Waals surface area contributed by atoms with E-state index >= 15 is 0 Å². The quantitative estimate of drug-likeness (QED) is 0.655. The number of nitrogens with one attached hydrogen (secondary N) is 1. The smallest absolute Gasteiger partial charge is 0.320 e. The molecule has 122 valence electrons. The van der Waals surface area contributed by atoms with Crippen molar-refractivity contribution < 1.29 is 24.2 Å². The molecule has 0 aromatic heterocycles. The normalized spacial score (nSPS) is 19.1. The molecule has 0 spiro atoms. The Balaban J connectivity index is 2.33. The third-order valence-electron chi connectivity index (χ3n) is 3.67. The Kier molecular flexibility index (Phi) is 7.41. The maximum absolute atomic E-state index is 12.0. The Bertz CT molecular complexity index is 345. The van der Waals surface area contributed by atoms with Crippen LogP contribution in [0, 0.1) is 0 Å². The summed E-state index contributed by atoms with van der Waals surface area (Å²) in [6, 6.07) is -0.675. The fourth-order valence-electron chi connectivity index (χ4n) is 2.18. The lowest BCUT2D eigenvalue weighted by molar-refractivity contribution is -0.143. The molecular weight excluding hydrogens is 278 g/mol. The second kappa shape index (κ2) is 8.81. The van der Waals surface area contributed by atoms with Crippen LogP contribution in [0.5, 0.6) is 0 Å². The van der Waals surface area contributed by atoms with E-state index in [9.17, 15) is 9.59 Å². The highest BCUT2D eigenvalue weighted by Crippen LogP contribution is 2.06. The number of carboxylic acid groups (broad SMARTS) is 1. The maximum Gasteiger partial charge on any atom is 0.320 e. The Morgan fingerprint density at radius 1 is 1.24 bits per heavy atom. The third kappa shape index (κ3) is 5.49. The average molecular weight is 303 g/mol. The van der Waals surface area contributed by atoms with Gasteiger partial charge >= 0.3 is 12.0 Å². The second-order valence-electron chi connectivity index (χ2n) is 5.04. The van der Waals surface area contributed by atoms with E-state index in [4.69, 9.17) is 14.6 Å². The number of carboxylic acids is 1. The topological polar surface area (TPSA) is 91.3 Å². The van der Waals surface area contributed by atoms with Crippen LogP contribution >= 0.6 is 0 Å². The Labute approximate surface area is 125 Å². The minimum atomic E-state index is -0.838. The van der Waals surface area contributed by atoms with Gasteiger partial charge in [-0.15, -0.1) is 0 Å². The standard InChI is InChI=1S/C13H25N3O5/c1-10(12(17)18)15-4-6-16(7-5-15)13(19)14-8-11(21-3)9-20-2/h10-11H,4-9H2,1-3H3,(H,14,19)(H,17,18). The molecule has 0 bridgehead atoms. The highest BCUT2D eigenvalue weighted by Gasteiger charge is 2.27. The largest absolute Gasteiger partial charge is 0.480 e. The average Bonchev–Trinajstić information content (AvgIpc) is 2.50. The van der Waals surface area contributed by atoms with Gasteiger partial charge in [-0.1, -0.05) is 0 Å². The third-order valence-corrected chi connectivity index (χ3v) is 3.67. The summed E-state index contributed by atoms with van der Waals surface area (Å²) in [5.41, 5.74) is 0. The molecule has 2 atom stereocenters. The number of hydrogen-bond donors (Lipinski definition) is 2. The van der Waals surface area contributed by atoms with Crippen molar-refractivity contribution in [2.45, 2.75) is 19.1 Å². The summed E-state index contributed by atoms with van der Waals surface area (Å²) in [5, 5.41) is 11.8. The second-order valence-corrected chi connectivity index (χ2v) is 5.04. The van der Waals surface area contributed by atoms with Crippen molar-refractivity contribution in [3.8, 4) is 0 Å². The molecular formula is C13H25N3O5. The van der Waals surface area contributed by atoms with Gasteiger partial charge in [0, 0.05) is 46.9 Å². The lowest BCUT2D eigenvalue weighted by atomic mass is 10.2. The van der Waals surface area contributed by atoms with E-state index in [-0.39, 0.29) is 12.1 Å². The molecule has 1 rings (SSSR count). The van der Waals surface area contributed by atoms with Crippen LogP contribution in [0.15, 0.2) is 0 Å². The summed E-state index contributed by atoms with van der Waals surface area (Å²) in [4.78, 5) is 26.5. The van der Waals surface area contributed by atoms with Crippen LogP contribution in [0.1, 0.15) is 6.92 Å². The number of carbonyl (C=O) groups is 2. The summed E-state index contributed by atoms with van der Waals surface area (Å²) >= 11 is 0. The fourth-order valence-corrected chi connectivity index (χ4v) is 2.18. The highest BCUT2D eigenvalue weighted by atomic mass is 16.5. The van der Waals surface area contributed by atoms with Crippen molar-refractivity contribution in [1.29, 1.82) is 0 Å². The van der Waals surface area contributed by atoms with Gasteiger partial charge in [-0.05, 0) is 6.92 Å². The molecule has 21 heavy (non-hydrogen) atoms. The first-order valence-electron chi connectivity index (χ1n) is 7.01. The summed E-state index contributed by atoms with van der Waals surface area (Å²) in [6.45, 7) is 4.62. The van der Waals surface area contributed by atoms with Crippen LogP contribution in [0.3, 0.4) is 0 Å². The first-order chi connectivity index (χ1) is 9.99. The number of ether oxygens (including phenoxy) is 2. The highest BCUT2D eigenvalue weighted by molar-refractivity contribution is 5.75. The van der Waals surface area contributed by atoms with Crippen LogP contribution < -0.4 is 5.32 Å². The van der Waals surface area contributed by atoms with Gasteiger partial charge in [0.05, 0.1) is 12.7 Å². The van der Waals surface area contributed by atoms with E-state index < -0.39 is 12.0 Å². The number of piperazine rings is 1. The molecule has 0 aliphatic carbocycles. The zero-order valence-corrected chi connectivity index (χ0v) is 12.9. The van der Waals surface area contributed by atoms with E-state index in [1.807, 2.05) is 4.90 Å². The van der Waals surface area contributed by atoms with Crippen LogP contribution in [0.25, 0.3) is 0 Å². The van der Waals surface area contributed by atoms with Gasteiger partial charge in [0.1, 0.15) is 6.04 Å². The number of methoxy groups -OCH3 is 2. The fraction of sp³-hybridized carbons (Fsp3) is 0.846. The molecule has 1 heterocycles. The van der Waals surface area contributed by atoms with Gasteiger partial charge in [0.15, 0.2) is 0 Å². The van der Waals surface area contributed by atoms with E-state index in [0.717, 1.165) is 0 Å². The maximum atomic E-state index is 12.0. The van der Waals surface area contributed by atoms with E-state index in [1.165, 1.54) is 0 Å². The Hall–Kier alpha value is -1.38. The van der Waals surface area contributed by atoms with Crippen molar-refractivity contribution in [3.63, 3.8) is 0 Å². The lowest BCUT2D eigenvalue weighted by Crippen LogP contribution is -2.55. The molecule has 2 unspecified atom stereocenters. The monoisotopic (exact) mass is 303 g/mol. The molecule has 8 heteroatoms. The van der Waals surface area contributed by atoms with Crippen LogP contribution in [-0.2, 0) is 14.3 Å². The summed E-state index contributed by atoms with van der Waals surface area (Å²) in [7, 11) is 3.15. The molecule has 2 amide bonds. The lowest BCUT2D eigenvalue weighted by Gasteiger charge is -2.36. The van der Waals surface area contributed by atoms with Gasteiger partial charge in [-0.3, -0.25) is 9.69 Å². The Morgan fingerprint density at radius 2 is 1.86 bits per heavy atom. The van der Waals surface area contributed by atoms with Gasteiger partial charge in [-0.2, -0.15) is 0 Å². The molecule has 2 N–H and O–H groups in total. The number of amides is 2. The summed E-state index contributed by atoms with van der Waals surface area (Å²) < 4.78 is 10.2. The van der Waals surface area contributed by atoms with Crippen molar-refractivity contribution >= 4 is 12.0 Å². The molecule has 1 aliphatic rings. The zero-order valence-electron chi connectivity index (χ0n) is 12.9. The van der Waals surface area contributed by atoms with Crippen LogP contribution in [0.2, 0.25) is 0 Å². The van der Waals surface area contributed by atoms with Crippen molar-refractivity contribution in [1.82, 2.24) is 15.1 Å². The predicted molar refractivity (Wildman–Crippen MR) is 76.3 cm³/mol. The predicted octanol–water partition coefficient (Wildman–Crippen LogP) is -0.552. The van der Waals surface area contributed by atoms with Crippen molar-refractivity contribution in [2.24, 2.45) is 0 Å². The minimum Gasteiger partial charge on any atom is -0.480 e. The van der Waals surface area contributed by atoms with Gasteiger partial charge < -0.3 is 24.8 Å². The summed E-state index contributed by atoms with van der Waals surface area (Å²) in [6.07, 6.45) is -0.174. The van der Waals surface area contributed by atoms with E-state index in [1.54, 1.807) is 26.0 Å². The first kappa shape index (κ1) is 17.7. The molecule has 1 aliphatic heterocycles. The van der Waals surface area contributed by atoms with Crippen LogP contribution in [-0.4, -0.2) is 92.6 Å². The first-order valence-corrected chi connectivity index (χ1v) is 7.01. The van der Waals surface area contributed by atoms with Gasteiger partial charge in [0.2, 0.25) is 0 Å². The minimum absolute atomic E-state index is 0.157. The molecule has 0 aromatic rings. The number of nitrogens with zero attached hydrogens (tertiary/aromatic N) is 2. The molecule has 0 saturated carbocycles. The van der Waals surface area contributed by atoms with Crippen molar-refractivity contribution in [2.75, 3.05) is 53.6 Å².